The number of fused-ring (bicyclic) bond motifs is 1. The summed E-state index contributed by atoms with van der Waals surface area (Å²) in [6.45, 7) is 4.37. The summed E-state index contributed by atoms with van der Waals surface area (Å²) in [5.41, 5.74) is -3.54. The van der Waals surface area contributed by atoms with Crippen LogP contribution < -0.4 is 16.0 Å². The van der Waals surface area contributed by atoms with Gasteiger partial charge in [0.2, 0.25) is 41.0 Å². The van der Waals surface area contributed by atoms with E-state index in [1.807, 2.05) is 13.8 Å². The summed E-state index contributed by atoms with van der Waals surface area (Å²) >= 11 is 12.9. The molecule has 15 nitrogen and oxygen atoms in total. The van der Waals surface area contributed by atoms with E-state index in [9.17, 15) is 51.4 Å². The summed E-state index contributed by atoms with van der Waals surface area (Å²) in [4.78, 5) is 104. The zero-order valence-electron chi connectivity index (χ0n) is 39.1. The highest BCUT2D eigenvalue weighted by Crippen LogP contribution is 2.36. The molecule has 1 aromatic rings. The van der Waals surface area contributed by atoms with E-state index in [4.69, 9.17) is 23.2 Å². The van der Waals surface area contributed by atoms with E-state index in [1.54, 1.807) is 19.1 Å². The maximum Gasteiger partial charge on any atom is 0.426 e. The number of benzene rings is 1. The van der Waals surface area contributed by atoms with Crippen molar-refractivity contribution in [2.75, 3.05) is 33.2 Å². The summed E-state index contributed by atoms with van der Waals surface area (Å²) < 4.78 is 71.2. The highest BCUT2D eigenvalue weighted by atomic mass is 35.5. The van der Waals surface area contributed by atoms with Crippen molar-refractivity contribution in [3.8, 4) is 0 Å². The normalized spacial score (nSPS) is 27.3. The zero-order valence-corrected chi connectivity index (χ0v) is 40.6. The van der Waals surface area contributed by atoms with Crippen LogP contribution in [-0.4, -0.2) is 160 Å². The molecule has 7 amide bonds. The number of nitrogens with one attached hydrogen (secondary N) is 3. The number of carbonyl (C=O) groups excluding carboxylic acids is 7. The van der Waals surface area contributed by atoms with Crippen molar-refractivity contribution in [2.45, 2.75) is 165 Å². The summed E-state index contributed by atoms with van der Waals surface area (Å²) in [6, 6.07) is -3.69. The van der Waals surface area contributed by atoms with Crippen molar-refractivity contribution < 1.29 is 60.6 Å². The van der Waals surface area contributed by atoms with Gasteiger partial charge >= 0.3 is 6.18 Å². The number of hydrogen-bond donors (Lipinski definition) is 4. The molecule has 0 bridgehead atoms. The number of aliphatic hydroxyl groups is 1. The topological polar surface area (TPSA) is 189 Å². The van der Waals surface area contributed by atoms with Crippen LogP contribution in [0.15, 0.2) is 18.2 Å². The molecule has 3 saturated heterocycles. The Hall–Kier alpha value is -4.30. The molecule has 0 aromatic heterocycles. The van der Waals surface area contributed by atoms with E-state index in [1.165, 1.54) is 18.0 Å². The Morgan fingerprint density at radius 3 is 2.24 bits per heavy atom. The van der Waals surface area contributed by atoms with Gasteiger partial charge in [0.15, 0.2) is 0 Å². The molecule has 68 heavy (non-hydrogen) atoms. The number of nitrogens with zero attached hydrogens (tertiary/aromatic N) is 4. The molecular formula is C46H64Cl2F5N7O8. The standard InChI is InChI=1S/C46H64Cl2F5N7O8/c1-6-16-58-37(20-27-19-28(47)13-14-31(27)48)43(66)59-23-29(49)21-35(59)38(61)54-15-8-7-12-34(39(62)55-32(42(58)65)17-25(2)3)57(5)41(64)33(18-26-10-9-11-26)56-40(63)36-22-30(50)24-60(36)44(67)45(4,68)46(51,52)53/h13-14,19,25-26,29-30,32-37,68H,6-12,15-18,20-24H2,1-5H3,(H,54,61)(H,55,62)(H,56,63)/t29-,30-,32+,33+,34+,35-,36+,37+,45-/m1/s1. The van der Waals surface area contributed by atoms with E-state index in [-0.39, 0.29) is 81.8 Å². The van der Waals surface area contributed by atoms with Crippen LogP contribution >= 0.6 is 23.2 Å². The number of rotatable bonds is 13. The van der Waals surface area contributed by atoms with Crippen molar-refractivity contribution in [1.82, 2.24) is 35.6 Å². The van der Waals surface area contributed by atoms with Gasteiger partial charge in [0.05, 0.1) is 13.1 Å². The van der Waals surface area contributed by atoms with E-state index in [0.717, 1.165) is 16.2 Å². The highest BCUT2D eigenvalue weighted by molar-refractivity contribution is 6.33. The average molecular weight is 1010 g/mol. The zero-order chi connectivity index (χ0) is 50.4. The molecular weight excluding hydrogens is 944 g/mol. The fraction of sp³-hybridized carbons (Fsp3) is 0.717. The second kappa shape index (κ2) is 23.1. The maximum atomic E-state index is 15.2. The molecule has 1 aromatic carbocycles. The lowest BCUT2D eigenvalue weighted by molar-refractivity contribution is -0.250. The minimum absolute atomic E-state index is 0.00701. The molecule has 9 atom stereocenters. The first kappa shape index (κ1) is 54.6. The number of hydrogen-bond acceptors (Lipinski definition) is 8. The minimum atomic E-state index is -5.45. The summed E-state index contributed by atoms with van der Waals surface area (Å²) in [7, 11) is 1.32. The lowest BCUT2D eigenvalue weighted by Crippen LogP contribution is -2.62. The van der Waals surface area contributed by atoms with Crippen LogP contribution in [0.25, 0.3) is 0 Å². The van der Waals surface area contributed by atoms with Gasteiger partial charge in [-0.2, -0.15) is 13.2 Å². The van der Waals surface area contributed by atoms with Crippen LogP contribution in [-0.2, 0) is 40.0 Å². The highest BCUT2D eigenvalue weighted by Gasteiger charge is 2.59. The molecule has 380 valence electrons. The van der Waals surface area contributed by atoms with E-state index < -0.39 is 121 Å². The molecule has 0 radical (unpaired) electrons. The van der Waals surface area contributed by atoms with Crippen molar-refractivity contribution in [3.63, 3.8) is 0 Å². The lowest BCUT2D eigenvalue weighted by Gasteiger charge is -2.38. The number of carbonyl (C=O) groups is 7. The Bertz CT molecular complexity index is 2030. The third kappa shape index (κ3) is 12.9. The third-order valence-corrected chi connectivity index (χ3v) is 14.1. The fourth-order valence-electron chi connectivity index (χ4n) is 9.43. The maximum absolute atomic E-state index is 15.2. The van der Waals surface area contributed by atoms with Gasteiger partial charge in [0, 0.05) is 49.4 Å². The number of alkyl halides is 5. The Morgan fingerprint density at radius 2 is 1.62 bits per heavy atom. The largest absolute Gasteiger partial charge is 0.426 e. The molecule has 4 fully saturated rings. The summed E-state index contributed by atoms with van der Waals surface area (Å²) in [5.74, 6) is -6.86. The first-order valence-corrected chi connectivity index (χ1v) is 24.2. The molecule has 3 heterocycles. The average Bonchev–Trinajstić information content (AvgIpc) is 3.85. The predicted octanol–water partition coefficient (Wildman–Crippen LogP) is 4.67. The van der Waals surface area contributed by atoms with Crippen molar-refractivity contribution in [3.05, 3.63) is 33.8 Å². The Balaban J connectivity index is 1.49. The van der Waals surface area contributed by atoms with Crippen molar-refractivity contribution in [1.29, 1.82) is 0 Å². The third-order valence-electron chi connectivity index (χ3n) is 13.5. The predicted molar refractivity (Wildman–Crippen MR) is 241 cm³/mol. The molecule has 3 aliphatic heterocycles. The smallest absolute Gasteiger partial charge is 0.373 e. The molecule has 22 heteroatoms. The van der Waals surface area contributed by atoms with Gasteiger partial charge in [-0.25, -0.2) is 8.78 Å². The molecule has 1 aliphatic carbocycles. The monoisotopic (exact) mass is 1010 g/mol. The molecule has 1 saturated carbocycles. The van der Waals surface area contributed by atoms with Crippen molar-refractivity contribution >= 4 is 64.6 Å². The van der Waals surface area contributed by atoms with E-state index in [2.05, 4.69) is 16.0 Å². The first-order valence-electron chi connectivity index (χ1n) is 23.4. The van der Waals surface area contributed by atoms with Gasteiger partial charge < -0.3 is 40.7 Å². The Kier molecular flexibility index (Phi) is 18.5. The van der Waals surface area contributed by atoms with Gasteiger partial charge in [-0.1, -0.05) is 63.2 Å². The summed E-state index contributed by atoms with van der Waals surface area (Å²) in [6.07, 6.45) is -6.96. The van der Waals surface area contributed by atoms with Gasteiger partial charge in [-0.05, 0) is 81.0 Å². The van der Waals surface area contributed by atoms with Gasteiger partial charge in [0.25, 0.3) is 5.91 Å². The van der Waals surface area contributed by atoms with Gasteiger partial charge in [-0.15, -0.1) is 0 Å². The number of amides is 7. The number of likely N-dealkylation sites (tertiary alicyclic amines) is 1. The van der Waals surface area contributed by atoms with E-state index >= 15 is 9.18 Å². The van der Waals surface area contributed by atoms with E-state index in [0.29, 0.717) is 34.7 Å². The fourth-order valence-corrected chi connectivity index (χ4v) is 9.82. The molecule has 0 spiro atoms. The van der Waals surface area contributed by atoms with Gasteiger partial charge in [-0.3, -0.25) is 33.6 Å². The molecule has 4 N–H and O–H groups in total. The van der Waals surface area contributed by atoms with Crippen LogP contribution in [0.5, 0.6) is 0 Å². The SMILES string of the molecule is CCCN1C(=O)[C@H](CC(C)C)NC(=O)[C@@H](N(C)C(=O)[C@H](CC2CCC2)NC(=O)[C@@H]2C[C@@H](F)CN2C(=O)[C@@](C)(O)C(F)(F)F)CCCCNC(=O)[C@H]2C[C@@H](F)CN2C(=O)[C@@H]1Cc1cc(Cl)ccc1Cl. The summed E-state index contributed by atoms with van der Waals surface area (Å²) in [5, 5.41) is 18.8. The molecule has 5 rings (SSSR count). The first-order chi connectivity index (χ1) is 31.9. The Labute approximate surface area is 403 Å². The van der Waals surface area contributed by atoms with Crippen LogP contribution in [0.3, 0.4) is 0 Å². The second-order valence-electron chi connectivity index (χ2n) is 19.2. The van der Waals surface area contributed by atoms with Crippen LogP contribution in [0, 0.1) is 11.8 Å². The lowest BCUT2D eigenvalue weighted by atomic mass is 9.80. The molecule has 4 aliphatic rings. The van der Waals surface area contributed by atoms with Crippen LogP contribution in [0.1, 0.15) is 104 Å². The molecule has 0 unspecified atom stereocenters. The Morgan fingerprint density at radius 1 is 0.941 bits per heavy atom. The van der Waals surface area contributed by atoms with Crippen molar-refractivity contribution in [2.24, 2.45) is 11.8 Å². The van der Waals surface area contributed by atoms with Gasteiger partial charge in [0.1, 0.15) is 48.6 Å². The minimum Gasteiger partial charge on any atom is -0.373 e. The van der Waals surface area contributed by atoms with Crippen LogP contribution in [0.4, 0.5) is 22.0 Å². The number of likely N-dealkylation sites (N-methyl/N-ethyl adjacent to an activating group) is 1. The second-order valence-corrected chi connectivity index (χ2v) is 20.1. The number of halogens is 7. The van der Waals surface area contributed by atoms with Crippen LogP contribution in [0.2, 0.25) is 10.0 Å². The quantitative estimate of drug-likeness (QED) is 0.205.